The zero-order valence-corrected chi connectivity index (χ0v) is 19.9. The summed E-state index contributed by atoms with van der Waals surface area (Å²) in [5, 5.41) is 7.67. The number of amides is 1. The number of guanidine groups is 1. The van der Waals surface area contributed by atoms with Crippen LogP contribution in [0.2, 0.25) is 0 Å². The summed E-state index contributed by atoms with van der Waals surface area (Å²) in [6, 6.07) is 16.5. The number of aryl methyl sites for hydroxylation is 1. The fourth-order valence-electron chi connectivity index (χ4n) is 3.41. The molecule has 2 aromatic carbocycles. The van der Waals surface area contributed by atoms with Gasteiger partial charge in [-0.05, 0) is 48.1 Å². The van der Waals surface area contributed by atoms with Crippen LogP contribution in [-0.2, 0) is 17.8 Å². The number of benzene rings is 2. The third kappa shape index (κ3) is 7.23. The molecule has 4 N–H and O–H groups in total. The Labute approximate surface area is 199 Å². The molecule has 0 spiro atoms. The van der Waals surface area contributed by atoms with Crippen molar-refractivity contribution in [2.24, 2.45) is 16.6 Å². The van der Waals surface area contributed by atoms with Gasteiger partial charge in [0.05, 0.1) is 5.92 Å². The minimum absolute atomic E-state index is 0. The zero-order valence-electron chi connectivity index (χ0n) is 17.6. The molecule has 166 valence electrons. The maximum Gasteiger partial charge on any atom is 0.222 e. The van der Waals surface area contributed by atoms with Crippen molar-refractivity contribution in [1.82, 2.24) is 15.2 Å². The maximum atomic E-state index is 13.1. The van der Waals surface area contributed by atoms with E-state index in [-0.39, 0.29) is 29.8 Å². The van der Waals surface area contributed by atoms with E-state index in [0.717, 1.165) is 25.1 Å². The second kappa shape index (κ2) is 12.3. The molecule has 3 aromatic rings. The lowest BCUT2D eigenvalue weighted by Gasteiger charge is -2.17. The Kier molecular flexibility index (Phi) is 9.77. The Balaban J connectivity index is 0.00000341. The number of carbonyl (C=O) groups excluding carboxylic acids is 1. The first-order valence-electron chi connectivity index (χ1n) is 10.1. The molecule has 1 atom stereocenters. The molecule has 0 radical (unpaired) electrons. The highest BCUT2D eigenvalue weighted by molar-refractivity contribution is 14.0. The molecule has 0 bridgehead atoms. The Bertz CT molecular complexity index is 1000. The number of primary amides is 1. The molecule has 0 fully saturated rings. The SMILES string of the molecule is CN=C(NCCCn1ccc2ccccc21)NCC(Cc1ccc(F)cc1)C(N)=O.I. The van der Waals surface area contributed by atoms with Crippen LogP contribution in [0.15, 0.2) is 65.8 Å². The van der Waals surface area contributed by atoms with Crippen LogP contribution in [0.5, 0.6) is 0 Å². The highest BCUT2D eigenvalue weighted by Crippen LogP contribution is 2.15. The van der Waals surface area contributed by atoms with Crippen molar-refractivity contribution < 1.29 is 9.18 Å². The van der Waals surface area contributed by atoms with Crippen molar-refractivity contribution in [3.8, 4) is 0 Å². The molecule has 8 heteroatoms. The van der Waals surface area contributed by atoms with Gasteiger partial charge in [0, 0.05) is 38.4 Å². The second-order valence-corrected chi connectivity index (χ2v) is 7.23. The summed E-state index contributed by atoms with van der Waals surface area (Å²) >= 11 is 0. The zero-order chi connectivity index (χ0) is 21.3. The molecule has 31 heavy (non-hydrogen) atoms. The summed E-state index contributed by atoms with van der Waals surface area (Å²) < 4.78 is 15.3. The third-order valence-corrected chi connectivity index (χ3v) is 5.09. The van der Waals surface area contributed by atoms with E-state index in [1.165, 1.54) is 23.0 Å². The Morgan fingerprint density at radius 1 is 1.13 bits per heavy atom. The highest BCUT2D eigenvalue weighted by Gasteiger charge is 2.16. The van der Waals surface area contributed by atoms with Crippen molar-refractivity contribution >= 4 is 46.7 Å². The lowest BCUT2D eigenvalue weighted by Crippen LogP contribution is -2.43. The largest absolute Gasteiger partial charge is 0.369 e. The number of hydrogen-bond acceptors (Lipinski definition) is 2. The smallest absolute Gasteiger partial charge is 0.222 e. The maximum absolute atomic E-state index is 13.1. The van der Waals surface area contributed by atoms with Gasteiger partial charge < -0.3 is 20.9 Å². The molecule has 1 amide bonds. The monoisotopic (exact) mass is 537 g/mol. The van der Waals surface area contributed by atoms with Crippen molar-refractivity contribution in [3.63, 3.8) is 0 Å². The van der Waals surface area contributed by atoms with Crippen LogP contribution in [-0.4, -0.2) is 36.6 Å². The summed E-state index contributed by atoms with van der Waals surface area (Å²) in [4.78, 5) is 16.0. The van der Waals surface area contributed by atoms with Crippen LogP contribution >= 0.6 is 24.0 Å². The first-order valence-corrected chi connectivity index (χ1v) is 10.1. The lowest BCUT2D eigenvalue weighted by molar-refractivity contribution is -0.121. The van der Waals surface area contributed by atoms with E-state index in [0.29, 0.717) is 18.9 Å². The minimum atomic E-state index is -0.416. The quantitative estimate of drug-likeness (QED) is 0.170. The number of carbonyl (C=O) groups is 1. The van der Waals surface area contributed by atoms with E-state index in [4.69, 9.17) is 5.73 Å². The molecule has 6 nitrogen and oxygen atoms in total. The Hall–Kier alpha value is -2.62. The van der Waals surface area contributed by atoms with Crippen LogP contribution in [0, 0.1) is 11.7 Å². The normalized spacial score (nSPS) is 12.3. The summed E-state index contributed by atoms with van der Waals surface area (Å²) in [6.45, 7) is 1.99. The predicted molar refractivity (Wildman–Crippen MR) is 134 cm³/mol. The number of nitrogens with one attached hydrogen (secondary N) is 2. The molecular weight excluding hydrogens is 508 g/mol. The van der Waals surface area contributed by atoms with Gasteiger partial charge in [-0.15, -0.1) is 24.0 Å². The van der Waals surface area contributed by atoms with Crippen LogP contribution in [0.25, 0.3) is 10.9 Å². The van der Waals surface area contributed by atoms with Crippen molar-refractivity contribution in [1.29, 1.82) is 0 Å². The van der Waals surface area contributed by atoms with Gasteiger partial charge in [0.1, 0.15) is 5.82 Å². The molecule has 0 aliphatic carbocycles. The average Bonchev–Trinajstić information content (AvgIpc) is 3.16. The van der Waals surface area contributed by atoms with Crippen LogP contribution in [0.4, 0.5) is 4.39 Å². The number of nitrogens with zero attached hydrogens (tertiary/aromatic N) is 2. The summed E-state index contributed by atoms with van der Waals surface area (Å²) in [5.74, 6) is -0.496. The molecule has 0 aliphatic heterocycles. The fourth-order valence-corrected chi connectivity index (χ4v) is 3.41. The summed E-state index contributed by atoms with van der Waals surface area (Å²) in [6.07, 6.45) is 3.47. The van der Waals surface area contributed by atoms with Crippen LogP contribution < -0.4 is 16.4 Å². The number of hydrogen-bond donors (Lipinski definition) is 3. The molecular formula is C23H29FIN5O. The number of nitrogens with two attached hydrogens (primary N) is 1. The van der Waals surface area contributed by atoms with Gasteiger partial charge in [-0.3, -0.25) is 9.79 Å². The predicted octanol–water partition coefficient (Wildman–Crippen LogP) is 3.30. The van der Waals surface area contributed by atoms with Crippen LogP contribution in [0.3, 0.4) is 0 Å². The van der Waals surface area contributed by atoms with Gasteiger partial charge in [-0.25, -0.2) is 4.39 Å². The lowest BCUT2D eigenvalue weighted by atomic mass is 9.98. The van der Waals surface area contributed by atoms with Gasteiger partial charge in [-0.1, -0.05) is 30.3 Å². The van der Waals surface area contributed by atoms with Gasteiger partial charge in [-0.2, -0.15) is 0 Å². The van der Waals surface area contributed by atoms with Gasteiger partial charge in [0.25, 0.3) is 0 Å². The number of aromatic nitrogens is 1. The molecule has 1 unspecified atom stereocenters. The number of fused-ring (bicyclic) bond motifs is 1. The molecule has 0 aliphatic rings. The average molecular weight is 537 g/mol. The van der Waals surface area contributed by atoms with Crippen LogP contribution in [0.1, 0.15) is 12.0 Å². The highest BCUT2D eigenvalue weighted by atomic mass is 127. The second-order valence-electron chi connectivity index (χ2n) is 7.23. The molecule has 3 rings (SSSR count). The van der Waals surface area contributed by atoms with Gasteiger partial charge in [0.2, 0.25) is 5.91 Å². The van der Waals surface area contributed by atoms with E-state index in [2.05, 4.69) is 44.6 Å². The van der Waals surface area contributed by atoms with Crippen molar-refractivity contribution in [2.45, 2.75) is 19.4 Å². The topological polar surface area (TPSA) is 84.4 Å². The van der Waals surface area contributed by atoms with E-state index in [1.54, 1.807) is 19.2 Å². The van der Waals surface area contributed by atoms with Crippen molar-refractivity contribution in [2.75, 3.05) is 20.1 Å². The molecule has 1 heterocycles. The third-order valence-electron chi connectivity index (χ3n) is 5.09. The van der Waals surface area contributed by atoms with E-state index in [9.17, 15) is 9.18 Å². The molecule has 0 saturated carbocycles. The Morgan fingerprint density at radius 2 is 1.87 bits per heavy atom. The van der Waals surface area contributed by atoms with Gasteiger partial charge in [0.15, 0.2) is 5.96 Å². The number of aliphatic imine (C=N–C) groups is 1. The molecule has 0 saturated heterocycles. The first kappa shape index (κ1) is 24.6. The molecule has 1 aromatic heterocycles. The minimum Gasteiger partial charge on any atom is -0.369 e. The summed E-state index contributed by atoms with van der Waals surface area (Å²) in [7, 11) is 1.69. The Morgan fingerprint density at radius 3 is 2.58 bits per heavy atom. The fraction of sp³-hybridized carbons (Fsp3) is 0.304. The van der Waals surface area contributed by atoms with Gasteiger partial charge >= 0.3 is 0 Å². The number of rotatable bonds is 9. The van der Waals surface area contributed by atoms with E-state index < -0.39 is 11.8 Å². The number of para-hydroxylation sites is 1. The number of halogens is 2. The van der Waals surface area contributed by atoms with E-state index in [1.807, 2.05) is 12.1 Å². The standard InChI is InChI=1S/C23H28FN5O.HI/c1-26-23(27-12-4-13-29-14-11-18-5-2-3-6-21(18)29)28-16-19(22(25)30)15-17-7-9-20(24)10-8-17;/h2-3,5-11,14,19H,4,12-13,15-16H2,1H3,(H2,25,30)(H2,26,27,28);1H. The summed E-state index contributed by atoms with van der Waals surface area (Å²) in [5.41, 5.74) is 7.64. The van der Waals surface area contributed by atoms with Crippen molar-refractivity contribution in [3.05, 3.63) is 72.2 Å². The first-order chi connectivity index (χ1) is 14.6. The van der Waals surface area contributed by atoms with E-state index >= 15 is 0 Å².